The average molecular weight is 415 g/mol. The number of nitrogens with zero attached hydrogens (tertiary/aromatic N) is 2. The molecule has 2 aromatic carbocycles. The smallest absolute Gasteiger partial charge is 0.331 e. The summed E-state index contributed by atoms with van der Waals surface area (Å²) in [7, 11) is 1.65. The van der Waals surface area contributed by atoms with Crippen LogP contribution in [0.2, 0.25) is 5.02 Å². The van der Waals surface area contributed by atoms with E-state index >= 15 is 0 Å². The number of methoxy groups -OCH3 is 1. The van der Waals surface area contributed by atoms with Gasteiger partial charge in [-0.05, 0) is 35.9 Å². The summed E-state index contributed by atoms with van der Waals surface area (Å²) in [4.78, 5) is 28.1. The number of benzene rings is 2. The summed E-state index contributed by atoms with van der Waals surface area (Å²) in [5, 5.41) is 0.586. The molecule has 0 aliphatic carbocycles. The van der Waals surface area contributed by atoms with Crippen molar-refractivity contribution in [3.63, 3.8) is 0 Å². The van der Waals surface area contributed by atoms with Crippen LogP contribution in [0.5, 0.6) is 5.75 Å². The van der Waals surface area contributed by atoms with Gasteiger partial charge in [0.25, 0.3) is 5.91 Å². The summed E-state index contributed by atoms with van der Waals surface area (Å²) in [6, 6.07) is 14.9. The molecule has 3 rings (SSSR count). The van der Waals surface area contributed by atoms with Crippen LogP contribution in [0.25, 0.3) is 6.08 Å². The summed E-state index contributed by atoms with van der Waals surface area (Å²) >= 11 is 5.90. The molecule has 1 heterocycles. The molecule has 1 amide bonds. The number of esters is 1. The molecule has 7 heteroatoms. The number of halogens is 1. The number of carbonyl (C=O) groups excluding carboxylic acids is 2. The molecule has 1 fully saturated rings. The molecule has 0 bridgehead atoms. The first kappa shape index (κ1) is 20.7. The topological polar surface area (TPSA) is 59.1 Å². The number of ether oxygens (including phenoxy) is 2. The Morgan fingerprint density at radius 2 is 1.83 bits per heavy atom. The largest absolute Gasteiger partial charge is 0.495 e. The van der Waals surface area contributed by atoms with E-state index < -0.39 is 5.97 Å². The average Bonchev–Trinajstić information content (AvgIpc) is 2.76. The molecular weight excluding hydrogens is 392 g/mol. The second kappa shape index (κ2) is 9.98. The summed E-state index contributed by atoms with van der Waals surface area (Å²) in [6.07, 6.45) is 2.89. The molecule has 29 heavy (non-hydrogen) atoms. The Kier molecular flexibility index (Phi) is 7.14. The number of piperazine rings is 1. The molecule has 2 aromatic rings. The number of rotatable bonds is 6. The van der Waals surface area contributed by atoms with E-state index in [4.69, 9.17) is 21.1 Å². The van der Waals surface area contributed by atoms with Crippen LogP contribution < -0.4 is 9.64 Å². The van der Waals surface area contributed by atoms with Gasteiger partial charge < -0.3 is 19.3 Å². The van der Waals surface area contributed by atoms with Crippen LogP contribution in [0, 0.1) is 0 Å². The van der Waals surface area contributed by atoms with Crippen LogP contribution >= 0.6 is 11.6 Å². The van der Waals surface area contributed by atoms with Gasteiger partial charge in [0.15, 0.2) is 6.61 Å². The van der Waals surface area contributed by atoms with Crippen LogP contribution in [0.4, 0.5) is 5.69 Å². The Bertz CT molecular complexity index is 892. The first-order valence-corrected chi connectivity index (χ1v) is 9.71. The van der Waals surface area contributed by atoms with Crippen molar-refractivity contribution in [1.29, 1.82) is 0 Å². The van der Waals surface area contributed by atoms with E-state index in [1.807, 2.05) is 30.3 Å². The summed E-state index contributed by atoms with van der Waals surface area (Å²) in [6.45, 7) is 2.23. The van der Waals surface area contributed by atoms with Gasteiger partial charge in [0, 0.05) is 37.3 Å². The first-order chi connectivity index (χ1) is 14.1. The number of hydrogen-bond donors (Lipinski definition) is 0. The molecule has 0 aromatic heterocycles. The lowest BCUT2D eigenvalue weighted by molar-refractivity contribution is -0.148. The third kappa shape index (κ3) is 5.74. The van der Waals surface area contributed by atoms with Crippen LogP contribution in [-0.4, -0.2) is 56.7 Å². The van der Waals surface area contributed by atoms with Gasteiger partial charge in [0.05, 0.1) is 12.8 Å². The number of anilines is 1. The number of carbonyl (C=O) groups is 2. The van der Waals surface area contributed by atoms with Crippen molar-refractivity contribution in [1.82, 2.24) is 4.90 Å². The molecule has 0 atom stereocenters. The van der Waals surface area contributed by atoms with Crippen molar-refractivity contribution in [2.75, 3.05) is 44.8 Å². The second-order valence-corrected chi connectivity index (χ2v) is 6.97. The van der Waals surface area contributed by atoms with Crippen molar-refractivity contribution < 1.29 is 19.1 Å². The number of amides is 1. The van der Waals surface area contributed by atoms with Crippen molar-refractivity contribution in [3.8, 4) is 5.75 Å². The molecule has 0 radical (unpaired) electrons. The minimum Gasteiger partial charge on any atom is -0.495 e. The number of hydrogen-bond acceptors (Lipinski definition) is 5. The van der Waals surface area contributed by atoms with Gasteiger partial charge in [-0.15, -0.1) is 0 Å². The van der Waals surface area contributed by atoms with Crippen molar-refractivity contribution >= 4 is 35.2 Å². The highest BCUT2D eigenvalue weighted by Gasteiger charge is 2.23. The van der Waals surface area contributed by atoms with Crippen LogP contribution in [0.1, 0.15) is 5.56 Å². The maximum absolute atomic E-state index is 12.4. The SMILES string of the molecule is COc1ccccc1N1CCN(C(=O)COC(=O)/C=C/c2cccc(Cl)c2)CC1. The summed E-state index contributed by atoms with van der Waals surface area (Å²) in [5.74, 6) is 0.0489. The van der Waals surface area contributed by atoms with E-state index in [0.29, 0.717) is 31.2 Å². The molecule has 152 valence electrons. The van der Waals surface area contributed by atoms with Gasteiger partial charge in [-0.25, -0.2) is 4.79 Å². The monoisotopic (exact) mass is 414 g/mol. The van der Waals surface area contributed by atoms with Crippen LogP contribution in [-0.2, 0) is 14.3 Å². The molecule has 0 spiro atoms. The van der Waals surface area contributed by atoms with Crippen LogP contribution in [0.15, 0.2) is 54.6 Å². The molecule has 0 unspecified atom stereocenters. The third-order valence-corrected chi connectivity index (χ3v) is 4.89. The maximum Gasteiger partial charge on any atom is 0.331 e. The lowest BCUT2D eigenvalue weighted by Crippen LogP contribution is -2.50. The molecular formula is C22H23ClN2O4. The lowest BCUT2D eigenvalue weighted by atomic mass is 10.2. The molecule has 0 saturated carbocycles. The molecule has 1 saturated heterocycles. The van der Waals surface area contributed by atoms with Gasteiger partial charge in [0.2, 0.25) is 0 Å². The predicted octanol–water partition coefficient (Wildman–Crippen LogP) is 3.25. The predicted molar refractivity (Wildman–Crippen MR) is 113 cm³/mol. The molecule has 1 aliphatic heterocycles. The first-order valence-electron chi connectivity index (χ1n) is 9.33. The van der Waals surface area contributed by atoms with Gasteiger partial charge in [0.1, 0.15) is 5.75 Å². The highest BCUT2D eigenvalue weighted by Crippen LogP contribution is 2.28. The lowest BCUT2D eigenvalue weighted by Gasteiger charge is -2.36. The van der Waals surface area contributed by atoms with Gasteiger partial charge in [-0.2, -0.15) is 0 Å². The van der Waals surface area contributed by atoms with E-state index in [9.17, 15) is 9.59 Å². The minimum absolute atomic E-state index is 0.200. The standard InChI is InChI=1S/C22H23ClN2O4/c1-28-20-8-3-2-7-19(20)24-11-13-25(14-12-24)21(26)16-29-22(27)10-9-17-5-4-6-18(23)15-17/h2-10,15H,11-14,16H2,1H3/b10-9+. The van der Waals surface area contributed by atoms with E-state index in [-0.39, 0.29) is 12.5 Å². The third-order valence-electron chi connectivity index (χ3n) is 4.66. The zero-order valence-corrected chi connectivity index (χ0v) is 17.0. The summed E-state index contributed by atoms with van der Waals surface area (Å²) < 4.78 is 10.5. The molecule has 6 nitrogen and oxygen atoms in total. The maximum atomic E-state index is 12.4. The van der Waals surface area contributed by atoms with Crippen molar-refractivity contribution in [2.24, 2.45) is 0 Å². The normalized spacial score (nSPS) is 14.1. The Labute approximate surface area is 175 Å². The Hall–Kier alpha value is -2.99. The molecule has 0 N–H and O–H groups in total. The van der Waals surface area contributed by atoms with Crippen molar-refractivity contribution in [3.05, 3.63) is 65.2 Å². The van der Waals surface area contributed by atoms with Crippen molar-refractivity contribution in [2.45, 2.75) is 0 Å². The molecule has 1 aliphatic rings. The van der Waals surface area contributed by atoms with Gasteiger partial charge in [-0.1, -0.05) is 35.9 Å². The van der Waals surface area contributed by atoms with E-state index in [1.54, 1.807) is 36.3 Å². The summed E-state index contributed by atoms with van der Waals surface area (Å²) in [5.41, 5.74) is 1.80. The van der Waals surface area contributed by atoms with Crippen LogP contribution in [0.3, 0.4) is 0 Å². The minimum atomic E-state index is -0.564. The van der Waals surface area contributed by atoms with E-state index in [0.717, 1.165) is 17.0 Å². The Balaban J connectivity index is 1.45. The Morgan fingerprint density at radius 1 is 1.07 bits per heavy atom. The fourth-order valence-corrected chi connectivity index (χ4v) is 3.33. The second-order valence-electron chi connectivity index (χ2n) is 6.54. The zero-order valence-electron chi connectivity index (χ0n) is 16.2. The number of para-hydroxylation sites is 2. The van der Waals surface area contributed by atoms with Gasteiger partial charge in [-0.3, -0.25) is 4.79 Å². The quantitative estimate of drug-likeness (QED) is 0.536. The van der Waals surface area contributed by atoms with Gasteiger partial charge >= 0.3 is 5.97 Å². The Morgan fingerprint density at radius 3 is 2.55 bits per heavy atom. The fraction of sp³-hybridized carbons (Fsp3) is 0.273. The highest BCUT2D eigenvalue weighted by molar-refractivity contribution is 6.30. The highest BCUT2D eigenvalue weighted by atomic mass is 35.5. The zero-order chi connectivity index (χ0) is 20.6. The van der Waals surface area contributed by atoms with E-state index in [2.05, 4.69) is 4.90 Å². The fourth-order valence-electron chi connectivity index (χ4n) is 3.13. The van der Waals surface area contributed by atoms with E-state index in [1.165, 1.54) is 6.08 Å².